The zero-order valence-electron chi connectivity index (χ0n) is 21.3. The lowest BCUT2D eigenvalue weighted by Crippen LogP contribution is -2.38. The van der Waals surface area contributed by atoms with Gasteiger partial charge in [0.2, 0.25) is 10.0 Å². The van der Waals surface area contributed by atoms with Gasteiger partial charge in [-0.05, 0) is 53.6 Å². The second kappa shape index (κ2) is 12.8. The van der Waals surface area contributed by atoms with Crippen LogP contribution >= 0.6 is 0 Å². The third-order valence-corrected chi connectivity index (χ3v) is 6.19. The number of carbonyl (C=O) groups is 2. The summed E-state index contributed by atoms with van der Waals surface area (Å²) in [4.78, 5) is 35.9. The summed E-state index contributed by atoms with van der Waals surface area (Å²) < 4.78 is 24.7. The summed E-state index contributed by atoms with van der Waals surface area (Å²) in [6.45, 7) is -0.0258. The molecule has 0 bridgehead atoms. The van der Waals surface area contributed by atoms with Crippen LogP contribution in [0.15, 0.2) is 103 Å². The Morgan fingerprint density at radius 3 is 2.26 bits per heavy atom. The van der Waals surface area contributed by atoms with Crippen LogP contribution in [0.1, 0.15) is 16.1 Å². The fourth-order valence-corrected chi connectivity index (χ4v) is 4.33. The van der Waals surface area contributed by atoms with E-state index in [9.17, 15) is 18.0 Å². The van der Waals surface area contributed by atoms with Gasteiger partial charge in [-0.15, -0.1) is 0 Å². The van der Waals surface area contributed by atoms with Crippen LogP contribution in [0.25, 0.3) is 11.1 Å². The molecule has 200 valence electrons. The first-order valence-corrected chi connectivity index (χ1v) is 14.1. The monoisotopic (exact) mass is 544 g/mol. The molecule has 4 rings (SSSR count). The molecule has 2 amide bonds. The van der Waals surface area contributed by atoms with Gasteiger partial charge in [-0.25, -0.2) is 8.42 Å². The van der Waals surface area contributed by atoms with Crippen LogP contribution in [0.5, 0.6) is 0 Å². The maximum Gasteiger partial charge on any atom is 0.282 e. The number of carbonyl (C=O) groups excluding carboxylic acids is 2. The van der Waals surface area contributed by atoms with E-state index in [1.54, 1.807) is 42.6 Å². The van der Waals surface area contributed by atoms with E-state index < -0.39 is 28.4 Å². The molecule has 0 atom stereocenters. The second-order valence-corrected chi connectivity index (χ2v) is 10.4. The number of hydrogen-bond donors (Lipinski definition) is 2. The average Bonchev–Trinajstić information content (AvgIpc) is 2.94. The van der Waals surface area contributed by atoms with Gasteiger partial charge in [-0.3, -0.25) is 24.1 Å². The first-order chi connectivity index (χ1) is 18.8. The average molecular weight is 545 g/mol. The van der Waals surface area contributed by atoms with E-state index in [1.165, 1.54) is 0 Å². The predicted octanol–water partition coefficient (Wildman–Crippen LogP) is 4.06. The fraction of sp³-hybridized carbons (Fsp3) is 0.138. The van der Waals surface area contributed by atoms with Crippen molar-refractivity contribution < 1.29 is 22.8 Å². The Bertz CT molecular complexity index is 1510. The van der Waals surface area contributed by atoms with Crippen LogP contribution in [0, 0.1) is 0 Å². The van der Waals surface area contributed by atoms with E-state index in [0.29, 0.717) is 23.4 Å². The Kier molecular flexibility index (Phi) is 9.03. The van der Waals surface area contributed by atoms with Crippen molar-refractivity contribution in [3.05, 3.63) is 115 Å². The molecule has 0 aliphatic heterocycles. The van der Waals surface area contributed by atoms with Gasteiger partial charge in [0.05, 0.1) is 11.9 Å². The number of sulfonamides is 1. The number of pyridine rings is 1. The van der Waals surface area contributed by atoms with Crippen LogP contribution in [-0.2, 0) is 26.1 Å². The molecule has 0 spiro atoms. The summed E-state index contributed by atoms with van der Waals surface area (Å²) in [6.07, 6.45) is 3.35. The maximum absolute atomic E-state index is 13.8. The highest BCUT2D eigenvalue weighted by molar-refractivity contribution is 7.89. The zero-order valence-corrected chi connectivity index (χ0v) is 22.1. The lowest BCUT2D eigenvalue weighted by atomic mass is 9.99. The summed E-state index contributed by atoms with van der Waals surface area (Å²) >= 11 is 0. The number of anilines is 2. The smallest absolute Gasteiger partial charge is 0.282 e. The molecule has 9 nitrogen and oxygen atoms in total. The van der Waals surface area contributed by atoms with Crippen molar-refractivity contribution in [2.24, 2.45) is 0 Å². The Morgan fingerprint density at radius 2 is 1.56 bits per heavy atom. The standard InChI is InChI=1S/C29H28N4O5S/c1-39(36,37)32-28(34)21-38-33(29(35)27-13-6-5-12-26(27)22-9-3-2-4-10-22)25-16-14-24(15-17-25)31-20-18-23-11-7-8-19-30-23/h2-17,19,31H,18,20-21H2,1H3,(H,32,34). The third-order valence-electron chi connectivity index (χ3n) is 5.59. The number of hydroxylamine groups is 1. The molecule has 3 aromatic carbocycles. The Hall–Kier alpha value is -4.54. The first kappa shape index (κ1) is 27.5. The van der Waals surface area contributed by atoms with Crippen molar-refractivity contribution in [2.75, 3.05) is 29.8 Å². The quantitative estimate of drug-likeness (QED) is 0.274. The number of hydrogen-bond acceptors (Lipinski definition) is 7. The molecular weight excluding hydrogens is 516 g/mol. The molecule has 0 aliphatic rings. The number of aromatic nitrogens is 1. The highest BCUT2D eigenvalue weighted by Crippen LogP contribution is 2.27. The number of rotatable bonds is 11. The Labute approximate surface area is 227 Å². The molecule has 0 fully saturated rings. The van der Waals surface area contributed by atoms with Crippen LogP contribution in [0.4, 0.5) is 11.4 Å². The fourth-order valence-electron chi connectivity index (χ4n) is 3.85. The van der Waals surface area contributed by atoms with Crippen LogP contribution in [0.2, 0.25) is 0 Å². The third kappa shape index (κ3) is 7.97. The lowest BCUT2D eigenvalue weighted by molar-refractivity contribution is -0.123. The summed E-state index contributed by atoms with van der Waals surface area (Å²) in [6, 6.07) is 29.2. The van der Waals surface area contributed by atoms with Gasteiger partial charge < -0.3 is 5.32 Å². The van der Waals surface area contributed by atoms with E-state index in [1.807, 2.05) is 65.4 Å². The van der Waals surface area contributed by atoms with Crippen molar-refractivity contribution in [3.8, 4) is 11.1 Å². The molecule has 1 aromatic heterocycles. The van der Waals surface area contributed by atoms with Crippen LogP contribution < -0.4 is 15.1 Å². The Balaban J connectivity index is 1.56. The number of nitrogens with one attached hydrogen (secondary N) is 2. The van der Waals surface area contributed by atoms with Crippen LogP contribution in [-0.4, -0.2) is 44.6 Å². The topological polar surface area (TPSA) is 118 Å². The molecule has 39 heavy (non-hydrogen) atoms. The molecule has 10 heteroatoms. The van der Waals surface area contributed by atoms with Crippen molar-refractivity contribution in [3.63, 3.8) is 0 Å². The maximum atomic E-state index is 13.8. The van der Waals surface area contributed by atoms with Crippen molar-refractivity contribution in [1.82, 2.24) is 9.71 Å². The molecule has 0 saturated heterocycles. The van der Waals surface area contributed by atoms with Gasteiger partial charge >= 0.3 is 0 Å². The summed E-state index contributed by atoms with van der Waals surface area (Å²) in [5.74, 6) is -1.42. The summed E-state index contributed by atoms with van der Waals surface area (Å²) in [7, 11) is -3.78. The summed E-state index contributed by atoms with van der Waals surface area (Å²) in [5.41, 5.74) is 4.03. The molecule has 0 aliphatic carbocycles. The minimum absolute atomic E-state index is 0.352. The van der Waals surface area contributed by atoms with E-state index in [4.69, 9.17) is 4.84 Å². The Morgan fingerprint density at radius 1 is 0.872 bits per heavy atom. The van der Waals surface area contributed by atoms with Crippen LogP contribution in [0.3, 0.4) is 0 Å². The van der Waals surface area contributed by atoms with E-state index in [0.717, 1.165) is 34.7 Å². The number of nitrogens with zero attached hydrogens (tertiary/aromatic N) is 2. The van der Waals surface area contributed by atoms with Gasteiger partial charge in [0.15, 0.2) is 6.61 Å². The van der Waals surface area contributed by atoms with Crippen molar-refractivity contribution in [2.45, 2.75) is 6.42 Å². The van der Waals surface area contributed by atoms with Gasteiger partial charge in [0.25, 0.3) is 11.8 Å². The van der Waals surface area contributed by atoms with Gasteiger partial charge in [-0.2, -0.15) is 5.06 Å². The highest BCUT2D eigenvalue weighted by Gasteiger charge is 2.24. The molecule has 0 unspecified atom stereocenters. The zero-order chi connectivity index (χ0) is 27.7. The van der Waals surface area contributed by atoms with E-state index in [-0.39, 0.29) is 0 Å². The largest absolute Gasteiger partial charge is 0.385 e. The van der Waals surface area contributed by atoms with Crippen molar-refractivity contribution >= 4 is 33.2 Å². The van der Waals surface area contributed by atoms with Crippen molar-refractivity contribution in [1.29, 1.82) is 0 Å². The minimum Gasteiger partial charge on any atom is -0.385 e. The molecule has 4 aromatic rings. The lowest BCUT2D eigenvalue weighted by Gasteiger charge is -2.23. The number of amides is 2. The first-order valence-electron chi connectivity index (χ1n) is 12.2. The van der Waals surface area contributed by atoms with Gasteiger partial charge in [0.1, 0.15) is 0 Å². The minimum atomic E-state index is -3.78. The molecule has 0 radical (unpaired) electrons. The SMILES string of the molecule is CS(=O)(=O)NC(=O)CON(C(=O)c1ccccc1-c1ccccc1)c1ccc(NCCc2ccccn2)cc1. The highest BCUT2D eigenvalue weighted by atomic mass is 32.2. The molecular formula is C29H28N4O5S. The van der Waals surface area contributed by atoms with Gasteiger partial charge in [0, 0.05) is 36.1 Å². The van der Waals surface area contributed by atoms with E-state index in [2.05, 4.69) is 10.3 Å². The normalized spacial score (nSPS) is 11.0. The van der Waals surface area contributed by atoms with Gasteiger partial charge in [-0.1, -0.05) is 54.6 Å². The summed E-state index contributed by atoms with van der Waals surface area (Å²) in [5, 5.41) is 4.31. The molecule has 0 saturated carbocycles. The predicted molar refractivity (Wildman–Crippen MR) is 150 cm³/mol. The van der Waals surface area contributed by atoms with E-state index >= 15 is 0 Å². The second-order valence-electron chi connectivity index (χ2n) is 8.63. The molecule has 1 heterocycles. The number of benzene rings is 3. The molecule has 2 N–H and O–H groups in total.